The summed E-state index contributed by atoms with van der Waals surface area (Å²) in [5.74, 6) is -2.52. The molecule has 1 aromatic carbocycles. The van der Waals surface area contributed by atoms with E-state index >= 15 is 0 Å². The molecule has 1 aliphatic rings. The van der Waals surface area contributed by atoms with Crippen LogP contribution in [-0.2, 0) is 4.79 Å². The second-order valence-corrected chi connectivity index (χ2v) is 5.77. The summed E-state index contributed by atoms with van der Waals surface area (Å²) >= 11 is 0. The van der Waals surface area contributed by atoms with Gasteiger partial charge in [-0.05, 0) is 45.2 Å². The molecular weight excluding hydrogens is 276 g/mol. The van der Waals surface area contributed by atoms with Crippen LogP contribution in [0, 0.1) is 11.6 Å². The standard InChI is InChI=1S/C16H21F2NO2/c1-10(20)9-12-5-4-8-19(12)16(21)11(2)15-13(17)6-3-7-14(15)18/h3,6-7,10-12,20H,4-5,8-9H2,1-2H3. The summed E-state index contributed by atoms with van der Waals surface area (Å²) in [7, 11) is 0. The topological polar surface area (TPSA) is 40.5 Å². The van der Waals surface area contributed by atoms with Crippen LogP contribution in [0.4, 0.5) is 8.78 Å². The molecule has 116 valence electrons. The smallest absolute Gasteiger partial charge is 0.230 e. The fourth-order valence-corrected chi connectivity index (χ4v) is 3.06. The van der Waals surface area contributed by atoms with Gasteiger partial charge in [0, 0.05) is 18.2 Å². The van der Waals surface area contributed by atoms with Crippen molar-refractivity contribution in [1.29, 1.82) is 0 Å². The van der Waals surface area contributed by atoms with E-state index in [2.05, 4.69) is 0 Å². The number of rotatable bonds is 4. The van der Waals surface area contributed by atoms with Gasteiger partial charge in [0.25, 0.3) is 0 Å². The molecule has 0 saturated carbocycles. The highest BCUT2D eigenvalue weighted by Gasteiger charge is 2.34. The second kappa shape index (κ2) is 6.52. The molecule has 0 spiro atoms. The Kier molecular flexibility index (Phi) is 4.93. The first-order valence-corrected chi connectivity index (χ1v) is 7.34. The minimum Gasteiger partial charge on any atom is -0.393 e. The Bertz CT molecular complexity index is 499. The summed E-state index contributed by atoms with van der Waals surface area (Å²) in [5.41, 5.74) is -0.176. The average Bonchev–Trinajstić information content (AvgIpc) is 2.84. The summed E-state index contributed by atoms with van der Waals surface area (Å²) in [6, 6.07) is 3.57. The fourth-order valence-electron chi connectivity index (χ4n) is 3.06. The van der Waals surface area contributed by atoms with Gasteiger partial charge in [-0.25, -0.2) is 8.78 Å². The molecule has 0 radical (unpaired) electrons. The van der Waals surface area contributed by atoms with Gasteiger partial charge in [0.15, 0.2) is 0 Å². The first-order valence-electron chi connectivity index (χ1n) is 7.34. The van der Waals surface area contributed by atoms with E-state index < -0.39 is 23.7 Å². The largest absolute Gasteiger partial charge is 0.393 e. The minimum atomic E-state index is -0.860. The van der Waals surface area contributed by atoms with E-state index in [-0.39, 0.29) is 17.5 Å². The van der Waals surface area contributed by atoms with Gasteiger partial charge in [-0.15, -0.1) is 0 Å². The van der Waals surface area contributed by atoms with Gasteiger partial charge >= 0.3 is 0 Å². The fraction of sp³-hybridized carbons (Fsp3) is 0.562. The molecule has 0 aliphatic carbocycles. The molecule has 3 unspecified atom stereocenters. The Balaban J connectivity index is 2.19. The Morgan fingerprint density at radius 3 is 2.57 bits per heavy atom. The lowest BCUT2D eigenvalue weighted by Crippen LogP contribution is -2.39. The normalized spacial score (nSPS) is 21.4. The number of benzene rings is 1. The van der Waals surface area contributed by atoms with Crippen LogP contribution >= 0.6 is 0 Å². The molecule has 21 heavy (non-hydrogen) atoms. The number of aliphatic hydroxyl groups excluding tert-OH is 1. The predicted molar refractivity (Wildman–Crippen MR) is 75.8 cm³/mol. The molecule has 5 heteroatoms. The molecule has 3 atom stereocenters. The monoisotopic (exact) mass is 297 g/mol. The van der Waals surface area contributed by atoms with E-state index in [9.17, 15) is 18.7 Å². The Labute approximate surface area is 123 Å². The lowest BCUT2D eigenvalue weighted by atomic mass is 9.97. The molecule has 0 aromatic heterocycles. The van der Waals surface area contributed by atoms with Gasteiger partial charge in [0.05, 0.1) is 12.0 Å². The van der Waals surface area contributed by atoms with Crippen LogP contribution < -0.4 is 0 Å². The summed E-state index contributed by atoms with van der Waals surface area (Å²) in [6.45, 7) is 3.79. The van der Waals surface area contributed by atoms with Crippen LogP contribution in [0.25, 0.3) is 0 Å². The highest BCUT2D eigenvalue weighted by atomic mass is 19.1. The van der Waals surface area contributed by atoms with Crippen LogP contribution in [0.5, 0.6) is 0 Å². The molecular formula is C16H21F2NO2. The number of amides is 1. The van der Waals surface area contributed by atoms with Crippen molar-refractivity contribution in [3.05, 3.63) is 35.4 Å². The minimum absolute atomic E-state index is 0.0465. The number of likely N-dealkylation sites (tertiary alicyclic amines) is 1. The Morgan fingerprint density at radius 1 is 1.38 bits per heavy atom. The molecule has 1 fully saturated rings. The van der Waals surface area contributed by atoms with E-state index in [0.29, 0.717) is 13.0 Å². The van der Waals surface area contributed by atoms with Gasteiger partial charge in [0.1, 0.15) is 11.6 Å². The zero-order chi connectivity index (χ0) is 15.6. The lowest BCUT2D eigenvalue weighted by Gasteiger charge is -2.28. The zero-order valence-corrected chi connectivity index (χ0v) is 12.4. The van der Waals surface area contributed by atoms with E-state index in [1.807, 2.05) is 0 Å². The Morgan fingerprint density at radius 2 is 2.00 bits per heavy atom. The van der Waals surface area contributed by atoms with Gasteiger partial charge in [-0.1, -0.05) is 6.07 Å². The zero-order valence-electron chi connectivity index (χ0n) is 12.4. The van der Waals surface area contributed by atoms with Crippen molar-refractivity contribution in [3.8, 4) is 0 Å². The van der Waals surface area contributed by atoms with Gasteiger partial charge in [-0.3, -0.25) is 4.79 Å². The van der Waals surface area contributed by atoms with Crippen molar-refractivity contribution in [2.45, 2.75) is 51.2 Å². The molecule has 2 rings (SSSR count). The SMILES string of the molecule is CC(O)CC1CCCN1C(=O)C(C)c1c(F)cccc1F. The van der Waals surface area contributed by atoms with E-state index in [4.69, 9.17) is 0 Å². The molecule has 1 heterocycles. The number of hydrogen-bond donors (Lipinski definition) is 1. The molecule has 1 amide bonds. The van der Waals surface area contributed by atoms with Gasteiger partial charge in [0.2, 0.25) is 5.91 Å². The van der Waals surface area contributed by atoms with Crippen molar-refractivity contribution in [3.63, 3.8) is 0 Å². The second-order valence-electron chi connectivity index (χ2n) is 5.77. The van der Waals surface area contributed by atoms with Crippen LogP contribution in [0.15, 0.2) is 18.2 Å². The van der Waals surface area contributed by atoms with E-state index in [0.717, 1.165) is 12.8 Å². The maximum atomic E-state index is 13.8. The predicted octanol–water partition coefficient (Wildman–Crippen LogP) is 2.83. The van der Waals surface area contributed by atoms with Crippen molar-refractivity contribution in [2.24, 2.45) is 0 Å². The lowest BCUT2D eigenvalue weighted by molar-refractivity contribution is -0.133. The number of nitrogens with zero attached hydrogens (tertiary/aromatic N) is 1. The summed E-state index contributed by atoms with van der Waals surface area (Å²) in [6.07, 6.45) is 1.68. The van der Waals surface area contributed by atoms with Crippen molar-refractivity contribution in [1.82, 2.24) is 4.90 Å². The molecule has 1 aliphatic heterocycles. The van der Waals surface area contributed by atoms with E-state index in [1.165, 1.54) is 25.1 Å². The molecule has 0 bridgehead atoms. The summed E-state index contributed by atoms with van der Waals surface area (Å²) in [4.78, 5) is 14.2. The Hall–Kier alpha value is -1.49. The van der Waals surface area contributed by atoms with Gasteiger partial charge in [-0.2, -0.15) is 0 Å². The number of halogens is 2. The average molecular weight is 297 g/mol. The maximum Gasteiger partial charge on any atom is 0.230 e. The third kappa shape index (κ3) is 3.40. The number of carbonyl (C=O) groups is 1. The first kappa shape index (κ1) is 15.9. The third-order valence-electron chi connectivity index (χ3n) is 4.08. The number of carbonyl (C=O) groups excluding carboxylic acids is 1. The molecule has 3 nitrogen and oxygen atoms in total. The number of aliphatic hydroxyl groups is 1. The summed E-state index contributed by atoms with van der Waals surface area (Å²) in [5, 5.41) is 9.50. The molecule has 1 aromatic rings. The van der Waals surface area contributed by atoms with Crippen LogP contribution in [0.2, 0.25) is 0 Å². The van der Waals surface area contributed by atoms with Crippen molar-refractivity contribution in [2.75, 3.05) is 6.54 Å². The van der Waals surface area contributed by atoms with Crippen LogP contribution in [0.1, 0.15) is 44.6 Å². The highest BCUT2D eigenvalue weighted by Crippen LogP contribution is 2.29. The first-order chi connectivity index (χ1) is 9.91. The highest BCUT2D eigenvalue weighted by molar-refractivity contribution is 5.84. The summed E-state index contributed by atoms with van der Waals surface area (Å²) < 4.78 is 27.6. The molecule has 1 saturated heterocycles. The number of hydrogen-bond acceptors (Lipinski definition) is 2. The van der Waals surface area contributed by atoms with Crippen molar-refractivity contribution >= 4 is 5.91 Å². The molecule has 1 N–H and O–H groups in total. The van der Waals surface area contributed by atoms with Crippen LogP contribution in [0.3, 0.4) is 0 Å². The third-order valence-corrected chi connectivity index (χ3v) is 4.08. The van der Waals surface area contributed by atoms with Gasteiger partial charge < -0.3 is 10.0 Å². The van der Waals surface area contributed by atoms with E-state index in [1.54, 1.807) is 11.8 Å². The van der Waals surface area contributed by atoms with Crippen molar-refractivity contribution < 1.29 is 18.7 Å². The van der Waals surface area contributed by atoms with Crippen LogP contribution in [-0.4, -0.2) is 34.6 Å². The quantitative estimate of drug-likeness (QED) is 0.928. The maximum absolute atomic E-state index is 13.8.